The summed E-state index contributed by atoms with van der Waals surface area (Å²) < 4.78 is 5.54. The third-order valence-electron chi connectivity index (χ3n) is 6.34. The summed E-state index contributed by atoms with van der Waals surface area (Å²) in [6.07, 6.45) is 8.30. The van der Waals surface area contributed by atoms with Gasteiger partial charge >= 0.3 is 0 Å². The third-order valence-corrected chi connectivity index (χ3v) is 6.34. The largest absolute Gasteiger partial charge is 0.368 e. The zero-order chi connectivity index (χ0) is 17.7. The van der Waals surface area contributed by atoms with E-state index in [4.69, 9.17) is 4.74 Å². The van der Waals surface area contributed by atoms with E-state index in [2.05, 4.69) is 22.1 Å². The van der Waals surface area contributed by atoms with E-state index in [0.29, 0.717) is 5.41 Å². The van der Waals surface area contributed by atoms with Crippen LogP contribution in [0.5, 0.6) is 0 Å². The standard InChI is InChI=1S/C19H34N4O2.HI/c1-3-19(8-4-5-9-19)15-21-18(20-2)23-12-10-22(11-13-23)17(24)16-7-6-14-25-16;/h16H,3-15H2,1-2H3,(H,20,21);1H. The number of halogens is 1. The second-order valence-corrected chi connectivity index (χ2v) is 7.78. The molecule has 0 aromatic heterocycles. The second kappa shape index (κ2) is 10.1. The number of hydrogen-bond donors (Lipinski definition) is 1. The van der Waals surface area contributed by atoms with Gasteiger partial charge in [0.25, 0.3) is 5.91 Å². The normalized spacial score (nSPS) is 25.9. The van der Waals surface area contributed by atoms with Crippen LogP contribution in [0.1, 0.15) is 51.9 Å². The van der Waals surface area contributed by atoms with Gasteiger partial charge in [-0.3, -0.25) is 9.79 Å². The molecule has 6 nitrogen and oxygen atoms in total. The minimum Gasteiger partial charge on any atom is -0.368 e. The Bertz CT molecular complexity index is 480. The van der Waals surface area contributed by atoms with Crippen molar-refractivity contribution in [1.29, 1.82) is 0 Å². The van der Waals surface area contributed by atoms with E-state index in [0.717, 1.165) is 58.1 Å². The maximum Gasteiger partial charge on any atom is 0.251 e. The van der Waals surface area contributed by atoms with Crippen LogP contribution in [0.4, 0.5) is 0 Å². The first-order valence-corrected chi connectivity index (χ1v) is 10.0. The van der Waals surface area contributed by atoms with E-state index in [9.17, 15) is 4.79 Å². The van der Waals surface area contributed by atoms with Crippen LogP contribution in [0.25, 0.3) is 0 Å². The van der Waals surface area contributed by atoms with Crippen molar-refractivity contribution >= 4 is 35.8 Å². The van der Waals surface area contributed by atoms with Gasteiger partial charge in [-0.15, -0.1) is 24.0 Å². The number of hydrogen-bond acceptors (Lipinski definition) is 3. The van der Waals surface area contributed by atoms with Crippen molar-refractivity contribution in [1.82, 2.24) is 15.1 Å². The molecule has 26 heavy (non-hydrogen) atoms. The minimum atomic E-state index is -0.198. The number of carbonyl (C=O) groups is 1. The summed E-state index contributed by atoms with van der Waals surface area (Å²) in [5.41, 5.74) is 0.452. The van der Waals surface area contributed by atoms with Crippen LogP contribution < -0.4 is 5.32 Å². The first kappa shape index (κ1) is 21.7. The zero-order valence-corrected chi connectivity index (χ0v) is 18.7. The fourth-order valence-electron chi connectivity index (χ4n) is 4.49. The van der Waals surface area contributed by atoms with Crippen LogP contribution in [0.3, 0.4) is 0 Å². The molecule has 3 rings (SSSR count). The predicted octanol–water partition coefficient (Wildman–Crippen LogP) is 2.47. The first-order valence-electron chi connectivity index (χ1n) is 10.0. The highest BCUT2D eigenvalue weighted by Crippen LogP contribution is 2.40. The van der Waals surface area contributed by atoms with E-state index < -0.39 is 0 Å². The lowest BCUT2D eigenvalue weighted by molar-refractivity contribution is -0.142. The van der Waals surface area contributed by atoms with Gasteiger partial charge in [0.05, 0.1) is 0 Å². The van der Waals surface area contributed by atoms with Crippen LogP contribution in [0.15, 0.2) is 4.99 Å². The van der Waals surface area contributed by atoms with Crippen molar-refractivity contribution in [3.8, 4) is 0 Å². The molecule has 1 unspecified atom stereocenters. The molecule has 0 bridgehead atoms. The van der Waals surface area contributed by atoms with Gasteiger partial charge < -0.3 is 19.9 Å². The molecular formula is C19H35IN4O2. The smallest absolute Gasteiger partial charge is 0.251 e. The first-order chi connectivity index (χ1) is 12.2. The lowest BCUT2D eigenvalue weighted by Gasteiger charge is -2.38. The number of rotatable bonds is 4. The van der Waals surface area contributed by atoms with E-state index in [1.165, 1.54) is 32.1 Å². The van der Waals surface area contributed by atoms with E-state index >= 15 is 0 Å². The van der Waals surface area contributed by atoms with Crippen LogP contribution in [-0.4, -0.2) is 74.1 Å². The molecule has 0 aromatic carbocycles. The summed E-state index contributed by atoms with van der Waals surface area (Å²) in [6.45, 7) is 7.27. The molecule has 150 valence electrons. The van der Waals surface area contributed by atoms with Gasteiger partial charge in [0.1, 0.15) is 6.10 Å². The molecule has 0 radical (unpaired) electrons. The summed E-state index contributed by atoms with van der Waals surface area (Å²) in [4.78, 5) is 21.2. The summed E-state index contributed by atoms with van der Waals surface area (Å²) in [5, 5.41) is 3.62. The number of amides is 1. The number of piperazine rings is 1. The maximum absolute atomic E-state index is 12.5. The summed E-state index contributed by atoms with van der Waals surface area (Å²) >= 11 is 0. The Hall–Kier alpha value is -0.570. The lowest BCUT2D eigenvalue weighted by atomic mass is 9.83. The molecule has 1 N–H and O–H groups in total. The molecule has 1 saturated carbocycles. The van der Waals surface area contributed by atoms with Crippen molar-refractivity contribution < 1.29 is 9.53 Å². The topological polar surface area (TPSA) is 57.2 Å². The van der Waals surface area contributed by atoms with Gasteiger partial charge in [-0.2, -0.15) is 0 Å². The van der Waals surface area contributed by atoms with Crippen molar-refractivity contribution in [2.24, 2.45) is 10.4 Å². The summed E-state index contributed by atoms with van der Waals surface area (Å²) in [6, 6.07) is 0. The maximum atomic E-state index is 12.5. The molecular weight excluding hydrogens is 443 g/mol. The molecule has 3 fully saturated rings. The van der Waals surface area contributed by atoms with Gasteiger partial charge in [-0.25, -0.2) is 0 Å². The molecule has 1 atom stereocenters. The predicted molar refractivity (Wildman–Crippen MR) is 115 cm³/mol. The van der Waals surface area contributed by atoms with Crippen LogP contribution >= 0.6 is 24.0 Å². The Morgan fingerprint density at radius 1 is 1.15 bits per heavy atom. The molecule has 0 aromatic rings. The summed E-state index contributed by atoms with van der Waals surface area (Å²) in [5.74, 6) is 1.17. The quantitative estimate of drug-likeness (QED) is 0.383. The van der Waals surface area contributed by atoms with Crippen molar-refractivity contribution in [2.45, 2.75) is 58.0 Å². The fraction of sp³-hybridized carbons (Fsp3) is 0.895. The highest BCUT2D eigenvalue weighted by Gasteiger charge is 2.33. The van der Waals surface area contributed by atoms with Gasteiger partial charge in [0.15, 0.2) is 5.96 Å². The van der Waals surface area contributed by atoms with Gasteiger partial charge in [0, 0.05) is 46.4 Å². The number of nitrogens with zero attached hydrogens (tertiary/aromatic N) is 3. The molecule has 0 spiro atoms. The highest BCUT2D eigenvalue weighted by atomic mass is 127. The van der Waals surface area contributed by atoms with Gasteiger partial charge in [0.2, 0.25) is 0 Å². The number of ether oxygens (including phenoxy) is 1. The SMILES string of the molecule is CCC1(CNC(=NC)N2CCN(C(=O)C3CCCO3)CC2)CCCC1.I. The van der Waals surface area contributed by atoms with Gasteiger partial charge in [-0.05, 0) is 37.5 Å². The second-order valence-electron chi connectivity index (χ2n) is 7.78. The Labute approximate surface area is 175 Å². The van der Waals surface area contributed by atoms with Crippen LogP contribution in [-0.2, 0) is 9.53 Å². The Balaban J connectivity index is 0.00000243. The van der Waals surface area contributed by atoms with E-state index in [1.807, 2.05) is 11.9 Å². The number of aliphatic imine (C=N–C) groups is 1. The lowest BCUT2D eigenvalue weighted by Crippen LogP contribution is -2.56. The van der Waals surface area contributed by atoms with Gasteiger partial charge in [-0.1, -0.05) is 19.8 Å². The third kappa shape index (κ3) is 5.03. The molecule has 1 aliphatic carbocycles. The van der Waals surface area contributed by atoms with Crippen LogP contribution in [0.2, 0.25) is 0 Å². The number of nitrogens with one attached hydrogen (secondary N) is 1. The average molecular weight is 478 g/mol. The molecule has 2 aliphatic heterocycles. The zero-order valence-electron chi connectivity index (χ0n) is 16.3. The molecule has 7 heteroatoms. The van der Waals surface area contributed by atoms with Crippen molar-refractivity contribution in [2.75, 3.05) is 46.4 Å². The minimum absolute atomic E-state index is 0. The number of carbonyl (C=O) groups excluding carboxylic acids is 1. The van der Waals surface area contributed by atoms with Crippen molar-refractivity contribution in [3.63, 3.8) is 0 Å². The van der Waals surface area contributed by atoms with E-state index in [-0.39, 0.29) is 36.0 Å². The molecule has 2 heterocycles. The number of guanidine groups is 1. The molecule has 3 aliphatic rings. The molecule has 1 amide bonds. The van der Waals surface area contributed by atoms with Crippen molar-refractivity contribution in [3.05, 3.63) is 0 Å². The highest BCUT2D eigenvalue weighted by molar-refractivity contribution is 14.0. The summed E-state index contributed by atoms with van der Waals surface area (Å²) in [7, 11) is 1.86. The van der Waals surface area contributed by atoms with Crippen LogP contribution in [0, 0.1) is 5.41 Å². The fourth-order valence-corrected chi connectivity index (χ4v) is 4.49. The monoisotopic (exact) mass is 478 g/mol. The average Bonchev–Trinajstić information content (AvgIpc) is 3.35. The van der Waals surface area contributed by atoms with E-state index in [1.54, 1.807) is 0 Å². The Kier molecular flexibility index (Phi) is 8.44. The Morgan fingerprint density at radius 3 is 2.35 bits per heavy atom. The molecule has 2 saturated heterocycles. The Morgan fingerprint density at radius 2 is 1.81 bits per heavy atom.